The monoisotopic (exact) mass is 310 g/mol. The van der Waals surface area contributed by atoms with Gasteiger partial charge in [-0.25, -0.2) is 0 Å². The largest absolute Gasteiger partial charge is 0.350 e. The number of amides is 1. The van der Waals surface area contributed by atoms with Crippen molar-refractivity contribution in [1.82, 2.24) is 5.32 Å². The molecule has 3 nitrogen and oxygen atoms in total. The summed E-state index contributed by atoms with van der Waals surface area (Å²) in [5.74, 6) is 0.470. The molecular weight excluding hydrogens is 284 g/mol. The maximum absolute atomic E-state index is 12.1. The lowest BCUT2D eigenvalue weighted by Crippen LogP contribution is -2.51. The summed E-state index contributed by atoms with van der Waals surface area (Å²) in [5, 5.41) is 2.99. The fraction of sp³-hybridized carbons (Fsp3) is 0.588. The van der Waals surface area contributed by atoms with Gasteiger partial charge in [-0.2, -0.15) is 0 Å². The molecule has 0 unspecified atom stereocenters. The Kier molecular flexibility index (Phi) is 6.69. The average molecular weight is 311 g/mol. The SMILES string of the molecule is CC(C)c1ccc(C(=O)NCC2(N)CCCCC2)cc1.Cl. The standard InChI is InChI=1S/C17H26N2O.ClH/c1-13(2)14-6-8-15(9-7-14)16(20)19-12-17(18)10-4-3-5-11-17;/h6-9,13H,3-5,10-12,18H2,1-2H3,(H,19,20);1H. The van der Waals surface area contributed by atoms with Crippen LogP contribution in [0.3, 0.4) is 0 Å². The van der Waals surface area contributed by atoms with E-state index in [1.54, 1.807) is 0 Å². The summed E-state index contributed by atoms with van der Waals surface area (Å²) in [5.41, 5.74) is 8.10. The highest BCUT2D eigenvalue weighted by Crippen LogP contribution is 2.25. The van der Waals surface area contributed by atoms with Gasteiger partial charge < -0.3 is 11.1 Å². The molecule has 0 heterocycles. The Balaban J connectivity index is 0.00000220. The Hall–Kier alpha value is -1.06. The number of benzene rings is 1. The Labute approximate surface area is 134 Å². The minimum absolute atomic E-state index is 0. The highest BCUT2D eigenvalue weighted by molar-refractivity contribution is 5.94. The van der Waals surface area contributed by atoms with Crippen LogP contribution in [0.15, 0.2) is 24.3 Å². The first-order valence-electron chi connectivity index (χ1n) is 7.67. The molecular formula is C17H27ClN2O. The van der Waals surface area contributed by atoms with Gasteiger partial charge in [-0.05, 0) is 36.5 Å². The third-order valence-corrected chi connectivity index (χ3v) is 4.29. The van der Waals surface area contributed by atoms with Crippen LogP contribution < -0.4 is 11.1 Å². The van der Waals surface area contributed by atoms with Crippen LogP contribution in [-0.2, 0) is 0 Å². The molecule has 0 atom stereocenters. The molecule has 1 amide bonds. The first kappa shape index (κ1) is 18.0. The van der Waals surface area contributed by atoms with Crippen molar-refractivity contribution in [3.8, 4) is 0 Å². The lowest BCUT2D eigenvalue weighted by atomic mass is 9.82. The van der Waals surface area contributed by atoms with Gasteiger partial charge in [-0.1, -0.05) is 45.2 Å². The summed E-state index contributed by atoms with van der Waals surface area (Å²) in [4.78, 5) is 12.1. The number of nitrogens with one attached hydrogen (secondary N) is 1. The van der Waals surface area contributed by atoms with E-state index < -0.39 is 0 Å². The number of rotatable bonds is 4. The number of carbonyl (C=O) groups is 1. The predicted octanol–water partition coefficient (Wildman–Crippen LogP) is 3.62. The van der Waals surface area contributed by atoms with Crippen LogP contribution in [0.2, 0.25) is 0 Å². The molecule has 1 aromatic rings. The van der Waals surface area contributed by atoms with Crippen molar-refractivity contribution in [1.29, 1.82) is 0 Å². The average Bonchev–Trinajstić information content (AvgIpc) is 2.46. The van der Waals surface area contributed by atoms with Crippen molar-refractivity contribution in [2.75, 3.05) is 6.54 Å². The molecule has 1 saturated carbocycles. The zero-order valence-corrected chi connectivity index (χ0v) is 13.8. The number of carbonyl (C=O) groups excluding carboxylic acids is 1. The van der Waals surface area contributed by atoms with Gasteiger partial charge >= 0.3 is 0 Å². The smallest absolute Gasteiger partial charge is 0.251 e. The van der Waals surface area contributed by atoms with E-state index in [-0.39, 0.29) is 23.9 Å². The first-order valence-corrected chi connectivity index (χ1v) is 7.67. The molecule has 0 radical (unpaired) electrons. The molecule has 1 aromatic carbocycles. The van der Waals surface area contributed by atoms with E-state index in [4.69, 9.17) is 5.73 Å². The minimum atomic E-state index is -0.203. The topological polar surface area (TPSA) is 55.1 Å². The molecule has 0 bridgehead atoms. The van der Waals surface area contributed by atoms with Gasteiger partial charge in [0.05, 0.1) is 0 Å². The number of hydrogen-bond donors (Lipinski definition) is 2. The molecule has 1 aliphatic carbocycles. The second-order valence-corrected chi connectivity index (χ2v) is 6.38. The molecule has 0 spiro atoms. The number of hydrogen-bond acceptors (Lipinski definition) is 2. The van der Waals surface area contributed by atoms with Crippen LogP contribution in [-0.4, -0.2) is 18.0 Å². The third-order valence-electron chi connectivity index (χ3n) is 4.29. The van der Waals surface area contributed by atoms with Gasteiger partial charge in [0.1, 0.15) is 0 Å². The highest BCUT2D eigenvalue weighted by atomic mass is 35.5. The van der Waals surface area contributed by atoms with Crippen LogP contribution in [0, 0.1) is 0 Å². The van der Waals surface area contributed by atoms with Crippen LogP contribution in [0.25, 0.3) is 0 Å². The van der Waals surface area contributed by atoms with E-state index >= 15 is 0 Å². The van der Waals surface area contributed by atoms with Gasteiger partial charge in [-0.15, -0.1) is 12.4 Å². The summed E-state index contributed by atoms with van der Waals surface area (Å²) in [7, 11) is 0. The normalized spacial score (nSPS) is 17.1. The van der Waals surface area contributed by atoms with Crippen molar-refractivity contribution in [2.24, 2.45) is 5.73 Å². The van der Waals surface area contributed by atoms with E-state index in [2.05, 4.69) is 19.2 Å². The molecule has 0 aromatic heterocycles. The van der Waals surface area contributed by atoms with Gasteiger partial charge in [0.15, 0.2) is 0 Å². The summed E-state index contributed by atoms with van der Waals surface area (Å²) in [6, 6.07) is 7.85. The zero-order valence-electron chi connectivity index (χ0n) is 13.0. The molecule has 1 aliphatic rings. The van der Waals surface area contributed by atoms with Crippen LogP contribution in [0.5, 0.6) is 0 Å². The van der Waals surface area contributed by atoms with Crippen LogP contribution >= 0.6 is 12.4 Å². The van der Waals surface area contributed by atoms with Crippen molar-refractivity contribution in [3.05, 3.63) is 35.4 Å². The van der Waals surface area contributed by atoms with Gasteiger partial charge in [0.25, 0.3) is 5.91 Å². The third kappa shape index (κ3) is 5.01. The first-order chi connectivity index (χ1) is 9.50. The van der Waals surface area contributed by atoms with E-state index in [0.717, 1.165) is 12.8 Å². The zero-order chi connectivity index (χ0) is 14.6. The number of halogens is 1. The molecule has 0 aliphatic heterocycles. The lowest BCUT2D eigenvalue weighted by molar-refractivity contribution is 0.0937. The highest BCUT2D eigenvalue weighted by Gasteiger charge is 2.27. The predicted molar refractivity (Wildman–Crippen MR) is 90.1 cm³/mol. The second-order valence-electron chi connectivity index (χ2n) is 6.38. The Bertz CT molecular complexity index is 450. The molecule has 1 fully saturated rings. The Morgan fingerprint density at radius 3 is 2.29 bits per heavy atom. The quantitative estimate of drug-likeness (QED) is 0.892. The number of nitrogens with two attached hydrogens (primary N) is 1. The fourth-order valence-corrected chi connectivity index (χ4v) is 2.81. The molecule has 21 heavy (non-hydrogen) atoms. The maximum Gasteiger partial charge on any atom is 0.251 e. The van der Waals surface area contributed by atoms with Crippen molar-refractivity contribution in [2.45, 2.75) is 57.4 Å². The Morgan fingerprint density at radius 2 is 1.76 bits per heavy atom. The maximum atomic E-state index is 12.1. The van der Waals surface area contributed by atoms with Crippen molar-refractivity contribution >= 4 is 18.3 Å². The van der Waals surface area contributed by atoms with E-state index in [9.17, 15) is 4.79 Å². The summed E-state index contributed by atoms with van der Waals surface area (Å²) < 4.78 is 0. The summed E-state index contributed by atoms with van der Waals surface area (Å²) in [6.07, 6.45) is 5.65. The molecule has 3 N–H and O–H groups in total. The summed E-state index contributed by atoms with van der Waals surface area (Å²) in [6.45, 7) is 4.88. The van der Waals surface area contributed by atoms with Crippen molar-refractivity contribution in [3.63, 3.8) is 0 Å². The van der Waals surface area contributed by atoms with Gasteiger partial charge in [0.2, 0.25) is 0 Å². The lowest BCUT2D eigenvalue weighted by Gasteiger charge is -2.33. The van der Waals surface area contributed by atoms with Gasteiger partial charge in [0, 0.05) is 17.6 Å². The Morgan fingerprint density at radius 1 is 1.19 bits per heavy atom. The minimum Gasteiger partial charge on any atom is -0.350 e. The molecule has 2 rings (SSSR count). The van der Waals surface area contributed by atoms with Crippen LogP contribution in [0.1, 0.15) is 67.8 Å². The molecule has 4 heteroatoms. The second kappa shape index (κ2) is 7.81. The fourth-order valence-electron chi connectivity index (χ4n) is 2.81. The molecule has 118 valence electrons. The van der Waals surface area contributed by atoms with E-state index in [0.29, 0.717) is 18.0 Å². The summed E-state index contributed by atoms with van der Waals surface area (Å²) >= 11 is 0. The van der Waals surface area contributed by atoms with Gasteiger partial charge in [-0.3, -0.25) is 4.79 Å². The van der Waals surface area contributed by atoms with Crippen molar-refractivity contribution < 1.29 is 4.79 Å². The van der Waals surface area contributed by atoms with E-state index in [1.807, 2.05) is 24.3 Å². The van der Waals surface area contributed by atoms with Crippen LogP contribution in [0.4, 0.5) is 0 Å². The van der Waals surface area contributed by atoms with E-state index in [1.165, 1.54) is 24.8 Å². The molecule has 0 saturated heterocycles.